The molecule has 2 heterocycles. The second-order valence-electron chi connectivity index (χ2n) is 4.25. The lowest BCUT2D eigenvalue weighted by Crippen LogP contribution is -2.11. The summed E-state index contributed by atoms with van der Waals surface area (Å²) < 4.78 is 4.77. The normalized spacial score (nSPS) is 10.9. The van der Waals surface area contributed by atoms with E-state index in [0.29, 0.717) is 4.88 Å². The number of rotatable bonds is 3. The zero-order valence-electron chi connectivity index (χ0n) is 10.8. The molecule has 0 spiro atoms. The number of hydrogen-bond acceptors (Lipinski definition) is 6. The highest BCUT2D eigenvalue weighted by Gasteiger charge is 2.19. The third-order valence-electron chi connectivity index (χ3n) is 2.52. The largest absolute Gasteiger partial charge is 0.465 e. The minimum absolute atomic E-state index is 0.268. The van der Waals surface area contributed by atoms with Crippen LogP contribution in [0, 0.1) is 6.92 Å². The van der Waals surface area contributed by atoms with Crippen molar-refractivity contribution >= 4 is 33.3 Å². The van der Waals surface area contributed by atoms with E-state index in [-0.39, 0.29) is 12.0 Å². The van der Waals surface area contributed by atoms with Gasteiger partial charge in [-0.15, -0.1) is 11.3 Å². The van der Waals surface area contributed by atoms with Gasteiger partial charge < -0.3 is 10.1 Å². The predicted molar refractivity (Wildman–Crippen MR) is 72.3 cm³/mol. The lowest BCUT2D eigenvalue weighted by molar-refractivity contribution is 0.0605. The maximum Gasteiger partial charge on any atom is 0.348 e. The summed E-state index contributed by atoms with van der Waals surface area (Å²) in [6.07, 6.45) is 1.50. The van der Waals surface area contributed by atoms with Gasteiger partial charge >= 0.3 is 5.97 Å². The van der Waals surface area contributed by atoms with E-state index in [1.54, 1.807) is 0 Å². The van der Waals surface area contributed by atoms with Crippen molar-refractivity contribution in [3.63, 3.8) is 0 Å². The average molecular weight is 265 g/mol. The number of nitrogens with one attached hydrogen (secondary N) is 1. The first kappa shape index (κ1) is 12.8. The molecule has 0 bridgehead atoms. The summed E-state index contributed by atoms with van der Waals surface area (Å²) >= 11 is 1.33. The summed E-state index contributed by atoms with van der Waals surface area (Å²) in [5.74, 6) is 0.435. The Bertz CT molecular complexity index is 592. The van der Waals surface area contributed by atoms with Gasteiger partial charge in [-0.05, 0) is 26.3 Å². The number of fused-ring (bicyclic) bond motifs is 1. The zero-order valence-corrected chi connectivity index (χ0v) is 11.6. The van der Waals surface area contributed by atoms with Crippen LogP contribution in [-0.4, -0.2) is 29.1 Å². The van der Waals surface area contributed by atoms with Crippen molar-refractivity contribution in [2.75, 3.05) is 12.4 Å². The second kappa shape index (κ2) is 4.89. The highest BCUT2D eigenvalue weighted by atomic mass is 32.1. The molecule has 0 fully saturated rings. The van der Waals surface area contributed by atoms with Gasteiger partial charge in [-0.1, -0.05) is 0 Å². The fourth-order valence-electron chi connectivity index (χ4n) is 1.74. The third kappa shape index (κ3) is 2.15. The molecule has 96 valence electrons. The van der Waals surface area contributed by atoms with Crippen LogP contribution in [-0.2, 0) is 4.74 Å². The number of hydrogen-bond donors (Lipinski definition) is 1. The molecule has 0 aliphatic carbocycles. The minimum Gasteiger partial charge on any atom is -0.465 e. The molecule has 2 aromatic rings. The molecule has 0 saturated carbocycles. The van der Waals surface area contributed by atoms with Crippen molar-refractivity contribution in [2.24, 2.45) is 0 Å². The van der Waals surface area contributed by atoms with Gasteiger partial charge in [-0.3, -0.25) is 0 Å². The third-order valence-corrected chi connectivity index (χ3v) is 3.70. The number of carbonyl (C=O) groups is 1. The van der Waals surface area contributed by atoms with Crippen molar-refractivity contribution in [1.29, 1.82) is 0 Å². The molecule has 0 aliphatic heterocycles. The van der Waals surface area contributed by atoms with Crippen LogP contribution in [0.2, 0.25) is 0 Å². The highest BCUT2D eigenvalue weighted by molar-refractivity contribution is 7.20. The second-order valence-corrected chi connectivity index (χ2v) is 5.25. The number of thiophene rings is 1. The zero-order chi connectivity index (χ0) is 13.3. The molecule has 0 saturated heterocycles. The van der Waals surface area contributed by atoms with Gasteiger partial charge in [-0.25, -0.2) is 14.8 Å². The first-order valence-electron chi connectivity index (χ1n) is 5.63. The molecule has 0 radical (unpaired) electrons. The summed E-state index contributed by atoms with van der Waals surface area (Å²) in [5.41, 5.74) is 0.866. The molecule has 1 N–H and O–H groups in total. The van der Waals surface area contributed by atoms with Gasteiger partial charge in [0.05, 0.1) is 12.5 Å². The SMILES string of the molecule is COC(=O)c1sc2ncnc(NC(C)C)c2c1C. The van der Waals surface area contributed by atoms with Crippen LogP contribution in [0.25, 0.3) is 10.2 Å². The highest BCUT2D eigenvalue weighted by Crippen LogP contribution is 2.33. The van der Waals surface area contributed by atoms with Crippen LogP contribution in [0.1, 0.15) is 29.1 Å². The molecular weight excluding hydrogens is 250 g/mol. The number of ether oxygens (including phenoxy) is 1. The first-order valence-corrected chi connectivity index (χ1v) is 6.45. The smallest absolute Gasteiger partial charge is 0.348 e. The van der Waals surface area contributed by atoms with E-state index < -0.39 is 0 Å². The van der Waals surface area contributed by atoms with Crippen LogP contribution in [0.15, 0.2) is 6.33 Å². The van der Waals surface area contributed by atoms with Gasteiger partial charge in [0, 0.05) is 6.04 Å². The molecule has 18 heavy (non-hydrogen) atoms. The van der Waals surface area contributed by atoms with Crippen LogP contribution in [0.4, 0.5) is 5.82 Å². The molecule has 0 unspecified atom stereocenters. The van der Waals surface area contributed by atoms with Gasteiger partial charge in [0.15, 0.2) is 0 Å². The quantitative estimate of drug-likeness (QED) is 0.864. The van der Waals surface area contributed by atoms with E-state index in [1.165, 1.54) is 24.8 Å². The topological polar surface area (TPSA) is 64.1 Å². The Morgan fingerprint density at radius 3 is 2.78 bits per heavy atom. The fraction of sp³-hybridized carbons (Fsp3) is 0.417. The van der Waals surface area contributed by atoms with Crippen LogP contribution >= 0.6 is 11.3 Å². The van der Waals surface area contributed by atoms with Crippen molar-refractivity contribution in [2.45, 2.75) is 26.8 Å². The van der Waals surface area contributed by atoms with Crippen molar-refractivity contribution in [3.05, 3.63) is 16.8 Å². The van der Waals surface area contributed by atoms with E-state index >= 15 is 0 Å². The van der Waals surface area contributed by atoms with E-state index in [0.717, 1.165) is 21.6 Å². The number of aryl methyl sites for hydroxylation is 1. The maximum absolute atomic E-state index is 11.7. The molecule has 6 heteroatoms. The van der Waals surface area contributed by atoms with E-state index in [9.17, 15) is 4.79 Å². The maximum atomic E-state index is 11.7. The molecule has 0 amide bonds. The van der Waals surface area contributed by atoms with Crippen LogP contribution < -0.4 is 5.32 Å². The molecule has 5 nitrogen and oxygen atoms in total. The van der Waals surface area contributed by atoms with Crippen LogP contribution in [0.5, 0.6) is 0 Å². The Labute approximate surface area is 109 Å². The Morgan fingerprint density at radius 1 is 1.44 bits per heavy atom. The first-order chi connectivity index (χ1) is 8.54. The summed E-state index contributed by atoms with van der Waals surface area (Å²) in [7, 11) is 1.38. The summed E-state index contributed by atoms with van der Waals surface area (Å²) in [6.45, 7) is 5.97. The number of nitrogens with zero attached hydrogens (tertiary/aromatic N) is 2. The number of carbonyl (C=O) groups excluding carboxylic acids is 1. The Kier molecular flexibility index (Phi) is 3.47. The van der Waals surface area contributed by atoms with Gasteiger partial charge in [0.1, 0.15) is 21.9 Å². The number of methoxy groups -OCH3 is 1. The van der Waals surface area contributed by atoms with E-state index in [1.807, 2.05) is 20.8 Å². The molecular formula is C12H15N3O2S. The number of aromatic nitrogens is 2. The molecule has 0 aliphatic rings. The monoisotopic (exact) mass is 265 g/mol. The van der Waals surface area contributed by atoms with Gasteiger partial charge in [0.2, 0.25) is 0 Å². The van der Waals surface area contributed by atoms with Crippen molar-refractivity contribution < 1.29 is 9.53 Å². The standard InChI is InChI=1S/C12H15N3O2S/c1-6(2)15-10-8-7(3)9(12(16)17-4)18-11(8)14-5-13-10/h5-6H,1-4H3,(H,13,14,15). The molecule has 2 rings (SSSR count). The van der Waals surface area contributed by atoms with E-state index in [4.69, 9.17) is 4.74 Å². The Morgan fingerprint density at radius 2 is 2.17 bits per heavy atom. The minimum atomic E-state index is -0.328. The summed E-state index contributed by atoms with van der Waals surface area (Å²) in [4.78, 5) is 21.5. The lowest BCUT2D eigenvalue weighted by Gasteiger charge is -2.09. The number of esters is 1. The molecule has 2 aromatic heterocycles. The predicted octanol–water partition coefficient (Wildman–Crippen LogP) is 2.61. The lowest BCUT2D eigenvalue weighted by atomic mass is 10.2. The Balaban J connectivity index is 2.62. The molecule has 0 aromatic carbocycles. The summed E-state index contributed by atoms with van der Waals surface area (Å²) in [5, 5.41) is 4.16. The van der Waals surface area contributed by atoms with Crippen LogP contribution in [0.3, 0.4) is 0 Å². The molecule has 0 atom stereocenters. The van der Waals surface area contributed by atoms with E-state index in [2.05, 4.69) is 15.3 Å². The average Bonchev–Trinajstić information content (AvgIpc) is 2.66. The van der Waals surface area contributed by atoms with Gasteiger partial charge in [-0.2, -0.15) is 0 Å². The van der Waals surface area contributed by atoms with Crippen molar-refractivity contribution in [1.82, 2.24) is 9.97 Å². The fourth-order valence-corrected chi connectivity index (χ4v) is 2.81. The van der Waals surface area contributed by atoms with Gasteiger partial charge in [0.25, 0.3) is 0 Å². The van der Waals surface area contributed by atoms with Crippen molar-refractivity contribution in [3.8, 4) is 0 Å². The number of anilines is 1. The summed E-state index contributed by atoms with van der Waals surface area (Å²) in [6, 6.07) is 0.268. The Hall–Kier alpha value is -1.69.